The summed E-state index contributed by atoms with van der Waals surface area (Å²) < 4.78 is 7.44. The van der Waals surface area contributed by atoms with Crippen LogP contribution in [0.2, 0.25) is 0 Å². The largest absolute Gasteiger partial charge is 0.494 e. The highest BCUT2D eigenvalue weighted by molar-refractivity contribution is 7.14. The van der Waals surface area contributed by atoms with Crippen LogP contribution in [0, 0.1) is 0 Å². The summed E-state index contributed by atoms with van der Waals surface area (Å²) in [6.07, 6.45) is 5.49. The van der Waals surface area contributed by atoms with Gasteiger partial charge >= 0.3 is 0 Å². The van der Waals surface area contributed by atoms with Gasteiger partial charge in [0.25, 0.3) is 0 Å². The number of anilines is 2. The van der Waals surface area contributed by atoms with Crippen LogP contribution in [0.5, 0.6) is 5.75 Å². The van der Waals surface area contributed by atoms with Crippen molar-refractivity contribution in [3.05, 3.63) is 72.6 Å². The fourth-order valence-corrected chi connectivity index (χ4v) is 3.34. The second-order valence-electron chi connectivity index (χ2n) is 5.64. The number of aromatic nitrogens is 3. The normalized spacial score (nSPS) is 10.7. The molecule has 130 valence electrons. The second-order valence-corrected chi connectivity index (χ2v) is 6.50. The molecule has 0 atom stereocenters. The first kappa shape index (κ1) is 16.4. The van der Waals surface area contributed by atoms with Gasteiger partial charge in [0.05, 0.1) is 18.6 Å². The van der Waals surface area contributed by atoms with Gasteiger partial charge in [-0.3, -0.25) is 0 Å². The number of nitrogens with zero attached hydrogens (tertiary/aromatic N) is 3. The maximum Gasteiger partial charge on any atom is 0.187 e. The minimum atomic E-state index is 0.669. The van der Waals surface area contributed by atoms with E-state index in [9.17, 15) is 0 Å². The standard InChI is InChI=1S/C20H18N4OS/c1-2-25-18-9-5-16(6-10-18)22-20-23-19(13-26-20)15-3-7-17(8-4-15)24-12-11-21-14-24/h3-14H,2H2,1H3,(H,22,23). The molecule has 0 spiro atoms. The van der Waals surface area contributed by atoms with Crippen LogP contribution in [0.15, 0.2) is 72.6 Å². The fourth-order valence-electron chi connectivity index (χ4n) is 2.60. The highest BCUT2D eigenvalue weighted by Crippen LogP contribution is 2.28. The molecular weight excluding hydrogens is 344 g/mol. The molecule has 0 aliphatic heterocycles. The monoisotopic (exact) mass is 362 g/mol. The van der Waals surface area contributed by atoms with Crippen molar-refractivity contribution in [3.63, 3.8) is 0 Å². The Morgan fingerprint density at radius 1 is 1.08 bits per heavy atom. The van der Waals surface area contributed by atoms with Crippen molar-refractivity contribution >= 4 is 22.2 Å². The average Bonchev–Trinajstić information content (AvgIpc) is 3.36. The zero-order chi connectivity index (χ0) is 17.8. The van der Waals surface area contributed by atoms with Gasteiger partial charge < -0.3 is 14.6 Å². The molecule has 0 bridgehead atoms. The first-order valence-electron chi connectivity index (χ1n) is 8.36. The molecule has 5 nitrogen and oxygen atoms in total. The average molecular weight is 362 g/mol. The Bertz CT molecular complexity index is 960. The van der Waals surface area contributed by atoms with Crippen LogP contribution >= 0.6 is 11.3 Å². The summed E-state index contributed by atoms with van der Waals surface area (Å²) >= 11 is 1.59. The summed E-state index contributed by atoms with van der Waals surface area (Å²) in [4.78, 5) is 8.76. The first-order chi connectivity index (χ1) is 12.8. The minimum Gasteiger partial charge on any atom is -0.494 e. The van der Waals surface area contributed by atoms with E-state index in [1.165, 1.54) is 0 Å². The van der Waals surface area contributed by atoms with Crippen molar-refractivity contribution in [1.29, 1.82) is 0 Å². The molecule has 0 aliphatic carbocycles. The van der Waals surface area contributed by atoms with Gasteiger partial charge in [-0.15, -0.1) is 11.3 Å². The molecule has 2 aromatic carbocycles. The Balaban J connectivity index is 1.47. The molecular formula is C20H18N4OS. The van der Waals surface area contributed by atoms with Crippen molar-refractivity contribution in [1.82, 2.24) is 14.5 Å². The summed E-state index contributed by atoms with van der Waals surface area (Å²) in [6.45, 7) is 2.65. The SMILES string of the molecule is CCOc1ccc(Nc2nc(-c3ccc(-n4ccnc4)cc3)cs2)cc1. The lowest BCUT2D eigenvalue weighted by atomic mass is 10.1. The third kappa shape index (κ3) is 3.60. The molecule has 0 fully saturated rings. The van der Waals surface area contributed by atoms with Crippen LogP contribution in [0.4, 0.5) is 10.8 Å². The number of ether oxygens (including phenoxy) is 1. The maximum absolute atomic E-state index is 5.46. The van der Waals surface area contributed by atoms with Gasteiger partial charge in [0.1, 0.15) is 5.75 Å². The lowest BCUT2D eigenvalue weighted by Gasteiger charge is -2.05. The van der Waals surface area contributed by atoms with Crippen LogP contribution in [-0.4, -0.2) is 21.1 Å². The number of thiazole rings is 1. The molecule has 1 N–H and O–H groups in total. The van der Waals surface area contributed by atoms with Gasteiger partial charge in [0, 0.05) is 34.7 Å². The summed E-state index contributed by atoms with van der Waals surface area (Å²) in [5.74, 6) is 0.871. The van der Waals surface area contributed by atoms with Gasteiger partial charge in [-0.25, -0.2) is 9.97 Å². The number of benzene rings is 2. The van der Waals surface area contributed by atoms with Crippen molar-refractivity contribution < 1.29 is 4.74 Å². The van der Waals surface area contributed by atoms with Crippen molar-refractivity contribution in [2.45, 2.75) is 6.92 Å². The molecule has 4 rings (SSSR count). The minimum absolute atomic E-state index is 0.669. The Labute approximate surface area is 155 Å². The Hall–Kier alpha value is -3.12. The van der Waals surface area contributed by atoms with Gasteiger partial charge in [-0.1, -0.05) is 12.1 Å². The maximum atomic E-state index is 5.46. The zero-order valence-corrected chi connectivity index (χ0v) is 15.1. The Morgan fingerprint density at radius 2 is 1.88 bits per heavy atom. The van der Waals surface area contributed by atoms with E-state index >= 15 is 0 Å². The molecule has 0 aliphatic rings. The summed E-state index contributed by atoms with van der Waals surface area (Å²) in [7, 11) is 0. The lowest BCUT2D eigenvalue weighted by molar-refractivity contribution is 0.340. The zero-order valence-electron chi connectivity index (χ0n) is 14.3. The van der Waals surface area contributed by atoms with E-state index < -0.39 is 0 Å². The fraction of sp³-hybridized carbons (Fsp3) is 0.100. The van der Waals surface area contributed by atoms with Crippen LogP contribution in [0.3, 0.4) is 0 Å². The van der Waals surface area contributed by atoms with Gasteiger partial charge in [0.2, 0.25) is 0 Å². The van der Waals surface area contributed by atoms with E-state index in [0.29, 0.717) is 6.61 Å². The van der Waals surface area contributed by atoms with E-state index in [0.717, 1.165) is 33.5 Å². The second kappa shape index (κ2) is 7.41. The Kier molecular flexibility index (Phi) is 4.66. The molecule has 0 amide bonds. The number of nitrogens with one attached hydrogen (secondary N) is 1. The molecule has 6 heteroatoms. The highest BCUT2D eigenvalue weighted by atomic mass is 32.1. The summed E-state index contributed by atoms with van der Waals surface area (Å²) in [5.41, 5.74) is 4.12. The molecule has 0 saturated carbocycles. The molecule has 0 radical (unpaired) electrons. The molecule has 2 aromatic heterocycles. The van der Waals surface area contributed by atoms with E-state index in [-0.39, 0.29) is 0 Å². The van der Waals surface area contributed by atoms with Gasteiger partial charge in [0.15, 0.2) is 5.13 Å². The predicted molar refractivity (Wildman–Crippen MR) is 106 cm³/mol. The summed E-state index contributed by atoms with van der Waals surface area (Å²) in [6, 6.07) is 16.2. The van der Waals surface area contributed by atoms with Crippen LogP contribution in [0.1, 0.15) is 6.92 Å². The van der Waals surface area contributed by atoms with Crippen LogP contribution in [0.25, 0.3) is 16.9 Å². The topological polar surface area (TPSA) is 52.0 Å². The third-order valence-corrected chi connectivity index (χ3v) is 4.64. The van der Waals surface area contributed by atoms with E-state index in [1.54, 1.807) is 23.9 Å². The number of hydrogen-bond acceptors (Lipinski definition) is 5. The molecule has 4 aromatic rings. The molecule has 0 saturated heterocycles. The molecule has 2 heterocycles. The first-order valence-corrected chi connectivity index (χ1v) is 9.24. The Morgan fingerprint density at radius 3 is 2.58 bits per heavy atom. The predicted octanol–water partition coefficient (Wildman–Crippen LogP) is 5.14. The van der Waals surface area contributed by atoms with E-state index in [1.807, 2.05) is 42.0 Å². The van der Waals surface area contributed by atoms with E-state index in [4.69, 9.17) is 4.74 Å². The van der Waals surface area contributed by atoms with Gasteiger partial charge in [-0.05, 0) is 43.3 Å². The summed E-state index contributed by atoms with van der Waals surface area (Å²) in [5, 5.41) is 6.26. The number of rotatable bonds is 6. The van der Waals surface area contributed by atoms with Crippen molar-refractivity contribution in [2.24, 2.45) is 0 Å². The molecule has 26 heavy (non-hydrogen) atoms. The van der Waals surface area contributed by atoms with Gasteiger partial charge in [-0.2, -0.15) is 0 Å². The molecule has 0 unspecified atom stereocenters. The van der Waals surface area contributed by atoms with Crippen LogP contribution in [-0.2, 0) is 0 Å². The number of hydrogen-bond donors (Lipinski definition) is 1. The smallest absolute Gasteiger partial charge is 0.187 e. The van der Waals surface area contributed by atoms with E-state index in [2.05, 4.69) is 44.9 Å². The van der Waals surface area contributed by atoms with Crippen LogP contribution < -0.4 is 10.1 Å². The van der Waals surface area contributed by atoms with Crippen molar-refractivity contribution in [3.8, 4) is 22.7 Å². The third-order valence-electron chi connectivity index (χ3n) is 3.89. The lowest BCUT2D eigenvalue weighted by Crippen LogP contribution is -1.93. The highest BCUT2D eigenvalue weighted by Gasteiger charge is 2.06. The number of imidazole rings is 1. The van der Waals surface area contributed by atoms with Crippen molar-refractivity contribution in [2.75, 3.05) is 11.9 Å². The quantitative estimate of drug-likeness (QED) is 0.516.